The fourth-order valence-electron chi connectivity index (χ4n) is 1.93. The molecule has 0 aliphatic rings. The molecule has 21 heavy (non-hydrogen) atoms. The third-order valence-corrected chi connectivity index (χ3v) is 3.03. The van der Waals surface area contributed by atoms with Crippen molar-refractivity contribution in [2.45, 2.75) is 19.9 Å². The van der Waals surface area contributed by atoms with Crippen LogP contribution >= 0.6 is 0 Å². The van der Waals surface area contributed by atoms with Crippen LogP contribution in [0.15, 0.2) is 42.5 Å². The summed E-state index contributed by atoms with van der Waals surface area (Å²) in [5.74, 6) is 1.16. The third kappa shape index (κ3) is 4.38. The van der Waals surface area contributed by atoms with Crippen LogP contribution in [-0.2, 0) is 6.54 Å². The lowest BCUT2D eigenvalue weighted by Gasteiger charge is -2.11. The molecule has 2 aromatic carbocycles. The van der Waals surface area contributed by atoms with E-state index in [1.54, 1.807) is 19.2 Å². The average molecular weight is 289 g/mol. The van der Waals surface area contributed by atoms with Gasteiger partial charge >= 0.3 is 0 Å². The monoisotopic (exact) mass is 289 g/mol. The summed E-state index contributed by atoms with van der Waals surface area (Å²) in [6.07, 6.45) is 0.970. The number of methoxy groups -OCH3 is 1. The summed E-state index contributed by atoms with van der Waals surface area (Å²) in [5.41, 5.74) is 1.46. The molecule has 0 radical (unpaired) electrons. The van der Waals surface area contributed by atoms with Crippen molar-refractivity contribution < 1.29 is 13.9 Å². The Bertz CT molecular complexity index is 587. The zero-order valence-electron chi connectivity index (χ0n) is 12.4. The molecular weight excluding hydrogens is 269 g/mol. The maximum Gasteiger partial charge on any atom is 0.146 e. The summed E-state index contributed by atoms with van der Waals surface area (Å²) in [7, 11) is 1.56. The molecule has 1 N–H and O–H groups in total. The van der Waals surface area contributed by atoms with Gasteiger partial charge in [-0.15, -0.1) is 0 Å². The van der Waals surface area contributed by atoms with Gasteiger partial charge in [0, 0.05) is 12.6 Å². The Morgan fingerprint density at radius 1 is 1.10 bits per heavy atom. The first-order valence-corrected chi connectivity index (χ1v) is 7.02. The van der Waals surface area contributed by atoms with Gasteiger partial charge < -0.3 is 14.8 Å². The Morgan fingerprint density at radius 3 is 2.71 bits per heavy atom. The van der Waals surface area contributed by atoms with Crippen LogP contribution in [0.4, 0.5) is 10.1 Å². The van der Waals surface area contributed by atoms with Crippen LogP contribution in [0.5, 0.6) is 11.5 Å². The number of ether oxygens (including phenoxy) is 2. The fraction of sp³-hybridized carbons (Fsp3) is 0.294. The van der Waals surface area contributed by atoms with Gasteiger partial charge in [0.2, 0.25) is 0 Å². The second-order valence-electron chi connectivity index (χ2n) is 4.70. The van der Waals surface area contributed by atoms with Crippen LogP contribution in [0, 0.1) is 5.82 Å². The number of hydrogen-bond acceptors (Lipinski definition) is 3. The molecule has 0 saturated heterocycles. The Hall–Kier alpha value is -2.23. The van der Waals surface area contributed by atoms with E-state index in [-0.39, 0.29) is 5.82 Å². The second-order valence-corrected chi connectivity index (χ2v) is 4.70. The zero-order chi connectivity index (χ0) is 15.1. The van der Waals surface area contributed by atoms with Crippen molar-refractivity contribution in [3.63, 3.8) is 0 Å². The van der Waals surface area contributed by atoms with E-state index in [1.165, 1.54) is 6.07 Å². The molecule has 0 fully saturated rings. The molecule has 0 aliphatic carbocycles. The maximum absolute atomic E-state index is 13.7. The van der Waals surface area contributed by atoms with Gasteiger partial charge in [-0.3, -0.25) is 0 Å². The van der Waals surface area contributed by atoms with Gasteiger partial charge in [-0.1, -0.05) is 19.1 Å². The highest BCUT2D eigenvalue weighted by atomic mass is 19.1. The summed E-state index contributed by atoms with van der Waals surface area (Å²) in [6.45, 7) is 3.28. The van der Waals surface area contributed by atoms with Crippen LogP contribution in [0.1, 0.15) is 18.9 Å². The van der Waals surface area contributed by atoms with Crippen molar-refractivity contribution in [2.75, 3.05) is 19.0 Å². The van der Waals surface area contributed by atoms with E-state index >= 15 is 0 Å². The number of halogens is 1. The predicted molar refractivity (Wildman–Crippen MR) is 82.5 cm³/mol. The Kier molecular flexibility index (Phi) is 5.43. The van der Waals surface area contributed by atoms with Crippen molar-refractivity contribution in [2.24, 2.45) is 0 Å². The lowest BCUT2D eigenvalue weighted by atomic mass is 10.2. The lowest BCUT2D eigenvalue weighted by molar-refractivity contribution is 0.317. The zero-order valence-corrected chi connectivity index (χ0v) is 12.4. The Balaban J connectivity index is 2.02. The van der Waals surface area contributed by atoms with E-state index in [0.717, 1.165) is 17.7 Å². The van der Waals surface area contributed by atoms with Crippen molar-refractivity contribution in [1.29, 1.82) is 0 Å². The maximum atomic E-state index is 13.7. The molecule has 112 valence electrons. The number of benzene rings is 2. The molecule has 0 aromatic heterocycles. The summed E-state index contributed by atoms with van der Waals surface area (Å²) in [4.78, 5) is 0. The quantitative estimate of drug-likeness (QED) is 0.827. The van der Waals surface area contributed by atoms with E-state index < -0.39 is 0 Å². The number of hydrogen-bond donors (Lipinski definition) is 1. The normalized spacial score (nSPS) is 10.2. The fourth-order valence-corrected chi connectivity index (χ4v) is 1.93. The predicted octanol–water partition coefficient (Wildman–Crippen LogP) is 4.24. The largest absolute Gasteiger partial charge is 0.497 e. The van der Waals surface area contributed by atoms with Gasteiger partial charge in [-0.2, -0.15) is 0 Å². The SMILES string of the molecule is CCCOc1cccc(CNc2cc(OC)ccc2F)c1. The molecule has 0 heterocycles. The highest BCUT2D eigenvalue weighted by Gasteiger charge is 2.04. The van der Waals surface area contributed by atoms with Gasteiger partial charge in [0.25, 0.3) is 0 Å². The highest BCUT2D eigenvalue weighted by Crippen LogP contribution is 2.22. The molecule has 0 unspecified atom stereocenters. The number of anilines is 1. The van der Waals surface area contributed by atoms with Crippen molar-refractivity contribution in [3.05, 3.63) is 53.8 Å². The van der Waals surface area contributed by atoms with Crippen LogP contribution < -0.4 is 14.8 Å². The van der Waals surface area contributed by atoms with Crippen LogP contribution in [0.2, 0.25) is 0 Å². The highest BCUT2D eigenvalue weighted by molar-refractivity contribution is 5.50. The molecule has 2 aromatic rings. The van der Waals surface area contributed by atoms with Gasteiger partial charge in [0.05, 0.1) is 19.4 Å². The number of nitrogens with one attached hydrogen (secondary N) is 1. The lowest BCUT2D eigenvalue weighted by Crippen LogP contribution is -2.02. The molecule has 0 spiro atoms. The van der Waals surface area contributed by atoms with Crippen LogP contribution in [-0.4, -0.2) is 13.7 Å². The van der Waals surface area contributed by atoms with Gasteiger partial charge in [-0.05, 0) is 36.2 Å². The summed E-state index contributed by atoms with van der Waals surface area (Å²) in [5, 5.41) is 3.08. The molecule has 0 saturated carbocycles. The van der Waals surface area contributed by atoms with Crippen LogP contribution in [0.25, 0.3) is 0 Å². The van der Waals surface area contributed by atoms with Gasteiger partial charge in [0.15, 0.2) is 0 Å². The van der Waals surface area contributed by atoms with E-state index in [4.69, 9.17) is 9.47 Å². The van der Waals surface area contributed by atoms with Gasteiger partial charge in [-0.25, -0.2) is 4.39 Å². The molecule has 2 rings (SSSR count). The molecule has 3 nitrogen and oxygen atoms in total. The molecule has 0 amide bonds. The first kappa shape index (κ1) is 15.2. The van der Waals surface area contributed by atoms with E-state index in [1.807, 2.05) is 24.3 Å². The minimum Gasteiger partial charge on any atom is -0.497 e. The first-order chi connectivity index (χ1) is 10.2. The minimum absolute atomic E-state index is 0.297. The van der Waals surface area contributed by atoms with Crippen molar-refractivity contribution in [3.8, 4) is 11.5 Å². The topological polar surface area (TPSA) is 30.5 Å². The van der Waals surface area contributed by atoms with Gasteiger partial charge in [0.1, 0.15) is 17.3 Å². The van der Waals surface area contributed by atoms with Crippen molar-refractivity contribution in [1.82, 2.24) is 0 Å². The third-order valence-electron chi connectivity index (χ3n) is 3.03. The second kappa shape index (κ2) is 7.53. The van der Waals surface area contributed by atoms with E-state index in [0.29, 0.717) is 24.6 Å². The van der Waals surface area contributed by atoms with Crippen LogP contribution in [0.3, 0.4) is 0 Å². The summed E-state index contributed by atoms with van der Waals surface area (Å²) in [6, 6.07) is 12.4. The smallest absolute Gasteiger partial charge is 0.146 e. The first-order valence-electron chi connectivity index (χ1n) is 7.02. The molecule has 0 aliphatic heterocycles. The Morgan fingerprint density at radius 2 is 1.95 bits per heavy atom. The molecular formula is C17H20FNO2. The minimum atomic E-state index is -0.297. The molecule has 0 atom stereocenters. The van der Waals surface area contributed by atoms with E-state index in [2.05, 4.69) is 12.2 Å². The van der Waals surface area contributed by atoms with E-state index in [9.17, 15) is 4.39 Å². The Labute approximate surface area is 124 Å². The van der Waals surface area contributed by atoms with Crippen molar-refractivity contribution >= 4 is 5.69 Å². The molecule has 0 bridgehead atoms. The summed E-state index contributed by atoms with van der Waals surface area (Å²) < 4.78 is 24.4. The summed E-state index contributed by atoms with van der Waals surface area (Å²) >= 11 is 0. The number of rotatable bonds is 7. The molecule has 4 heteroatoms. The standard InChI is InChI=1S/C17H20FNO2/c1-3-9-21-15-6-4-5-13(10-15)12-19-17-11-14(20-2)7-8-16(17)18/h4-8,10-11,19H,3,9,12H2,1-2H3. The average Bonchev–Trinajstić information content (AvgIpc) is 2.52.